The Hall–Kier alpha value is -2.81. The van der Waals surface area contributed by atoms with Gasteiger partial charge in [-0.2, -0.15) is 0 Å². The summed E-state index contributed by atoms with van der Waals surface area (Å²) in [5, 5.41) is 15.4. The third kappa shape index (κ3) is 3.34. The number of sulfone groups is 1. The van der Waals surface area contributed by atoms with Gasteiger partial charge < -0.3 is 9.84 Å². The van der Waals surface area contributed by atoms with Crippen molar-refractivity contribution in [3.05, 3.63) is 34.7 Å². The normalized spacial score (nSPS) is 14.5. The van der Waals surface area contributed by atoms with Gasteiger partial charge in [-0.15, -0.1) is 0 Å². The van der Waals surface area contributed by atoms with Crippen molar-refractivity contribution in [3.8, 4) is 0 Å². The lowest BCUT2D eigenvalue weighted by atomic mass is 10.2. The summed E-state index contributed by atoms with van der Waals surface area (Å²) in [5.41, 5.74) is -0.760. The summed E-state index contributed by atoms with van der Waals surface area (Å²) < 4.78 is 29.1. The van der Waals surface area contributed by atoms with Gasteiger partial charge in [0.15, 0.2) is 11.5 Å². The molecule has 0 spiro atoms. The molecule has 120 valence electrons. The predicted octanol–water partition coefficient (Wildman–Crippen LogP) is 0.422. The number of nitrogens with one attached hydrogen (secondary N) is 1. The molecule has 0 bridgehead atoms. The molecule has 0 fully saturated rings. The molecule has 0 radical (unpaired) electrons. The molecular formula is C14H11NO7S. The van der Waals surface area contributed by atoms with Gasteiger partial charge in [-0.25, -0.2) is 13.2 Å². The molecule has 1 heterocycles. The van der Waals surface area contributed by atoms with Crippen LogP contribution in [0.5, 0.6) is 0 Å². The zero-order valence-electron chi connectivity index (χ0n) is 11.6. The fourth-order valence-corrected chi connectivity index (χ4v) is 3.37. The van der Waals surface area contributed by atoms with Crippen molar-refractivity contribution in [1.82, 2.24) is 0 Å². The van der Waals surface area contributed by atoms with Crippen molar-refractivity contribution in [2.75, 3.05) is 6.61 Å². The molecule has 0 atom stereocenters. The van der Waals surface area contributed by atoms with Crippen LogP contribution in [0.2, 0.25) is 0 Å². The van der Waals surface area contributed by atoms with Gasteiger partial charge in [-0.3, -0.25) is 15.0 Å². The predicted molar refractivity (Wildman–Crippen MR) is 77.6 cm³/mol. The van der Waals surface area contributed by atoms with E-state index in [1.165, 1.54) is 12.1 Å². The number of esters is 1. The van der Waals surface area contributed by atoms with E-state index in [9.17, 15) is 22.8 Å². The average Bonchev–Trinajstić information content (AvgIpc) is 2.75. The van der Waals surface area contributed by atoms with E-state index in [0.29, 0.717) is 5.56 Å². The second-order valence-electron chi connectivity index (χ2n) is 4.59. The van der Waals surface area contributed by atoms with Crippen molar-refractivity contribution >= 4 is 39.3 Å². The Bertz CT molecular complexity index is 852. The number of fused-ring (bicyclic) bond motifs is 1. The molecule has 8 nitrogen and oxygen atoms in total. The number of carboxylic acids is 1. The van der Waals surface area contributed by atoms with E-state index in [-0.39, 0.29) is 9.80 Å². The molecule has 0 unspecified atom stereocenters. The van der Waals surface area contributed by atoms with Crippen LogP contribution in [0.15, 0.2) is 34.1 Å². The molecule has 1 aliphatic rings. The topological polar surface area (TPSA) is 139 Å². The highest BCUT2D eigenvalue weighted by Crippen LogP contribution is 2.32. The van der Waals surface area contributed by atoms with E-state index in [0.717, 1.165) is 0 Å². The van der Waals surface area contributed by atoms with E-state index in [2.05, 4.69) is 0 Å². The van der Waals surface area contributed by atoms with Gasteiger partial charge in [-0.05, 0) is 17.7 Å². The van der Waals surface area contributed by atoms with Gasteiger partial charge in [0, 0.05) is 0 Å². The van der Waals surface area contributed by atoms with Crippen LogP contribution < -0.4 is 0 Å². The number of hydrogen-bond donors (Lipinski definition) is 2. The lowest BCUT2D eigenvalue weighted by Gasteiger charge is -2.05. The van der Waals surface area contributed by atoms with Gasteiger partial charge in [0.05, 0.1) is 9.80 Å². The van der Waals surface area contributed by atoms with Gasteiger partial charge in [0.25, 0.3) is 0 Å². The van der Waals surface area contributed by atoms with Crippen LogP contribution >= 0.6 is 0 Å². The summed E-state index contributed by atoms with van der Waals surface area (Å²) in [6.45, 7) is -0.566. The number of aliphatic carboxylic acids is 1. The number of carboxylic acid groups (broad SMARTS) is 1. The highest BCUT2D eigenvalue weighted by atomic mass is 32.2. The minimum absolute atomic E-state index is 0.106. The summed E-state index contributed by atoms with van der Waals surface area (Å²) in [6, 6.07) is 6.25. The lowest BCUT2D eigenvalue weighted by molar-refractivity contribution is -0.144. The standard InChI is InChI=1S/C14H11NO7S/c15-13(14(18)19)10(16)6-12(17)22-7-9-5-8-3-1-2-4-11(8)23(9,20)21/h1-5,15H,6-7H2,(H,18,19). The van der Waals surface area contributed by atoms with E-state index in [1.54, 1.807) is 18.2 Å². The molecular weight excluding hydrogens is 326 g/mol. The molecule has 0 saturated carbocycles. The van der Waals surface area contributed by atoms with Crippen LogP contribution in [0.4, 0.5) is 0 Å². The molecule has 1 aromatic carbocycles. The lowest BCUT2D eigenvalue weighted by Crippen LogP contribution is -2.26. The summed E-state index contributed by atoms with van der Waals surface area (Å²) in [5.74, 6) is -4.07. The number of carbonyl (C=O) groups excluding carboxylic acids is 2. The Balaban J connectivity index is 2.00. The molecule has 0 saturated heterocycles. The van der Waals surface area contributed by atoms with Crippen molar-refractivity contribution in [1.29, 1.82) is 5.41 Å². The Morgan fingerprint density at radius 1 is 1.17 bits per heavy atom. The number of rotatable bonds is 6. The fourth-order valence-electron chi connectivity index (χ4n) is 1.90. The third-order valence-corrected chi connectivity index (χ3v) is 4.92. The molecule has 1 aliphatic heterocycles. The monoisotopic (exact) mass is 337 g/mol. The molecule has 0 aliphatic carbocycles. The van der Waals surface area contributed by atoms with Crippen LogP contribution in [0.1, 0.15) is 12.0 Å². The fraction of sp³-hybridized carbons (Fsp3) is 0.143. The first-order chi connectivity index (χ1) is 10.7. The van der Waals surface area contributed by atoms with Crippen LogP contribution in [-0.2, 0) is 29.0 Å². The maximum atomic E-state index is 12.2. The molecule has 0 aromatic heterocycles. The Morgan fingerprint density at radius 2 is 1.83 bits per heavy atom. The first kappa shape index (κ1) is 16.6. The maximum Gasteiger partial charge on any atom is 0.357 e. The van der Waals surface area contributed by atoms with E-state index < -0.39 is 46.3 Å². The SMILES string of the molecule is N=C(C(=O)O)C(=O)CC(=O)OCC1=Cc2ccccc2S1(=O)=O. The second kappa shape index (κ2) is 6.13. The molecule has 0 amide bonds. The van der Waals surface area contributed by atoms with Crippen molar-refractivity contribution in [2.45, 2.75) is 11.3 Å². The number of ether oxygens (including phenoxy) is 1. The number of hydrogen-bond acceptors (Lipinski definition) is 7. The Labute approximate surface area is 130 Å². The van der Waals surface area contributed by atoms with Crippen molar-refractivity contribution in [2.24, 2.45) is 0 Å². The molecule has 1 aromatic rings. The van der Waals surface area contributed by atoms with Crippen molar-refractivity contribution in [3.63, 3.8) is 0 Å². The van der Waals surface area contributed by atoms with Gasteiger partial charge in [-0.1, -0.05) is 18.2 Å². The number of ketones is 1. The third-order valence-electron chi connectivity index (χ3n) is 3.04. The maximum absolute atomic E-state index is 12.2. The first-order valence-electron chi connectivity index (χ1n) is 6.29. The van der Waals surface area contributed by atoms with E-state index in [4.69, 9.17) is 15.3 Å². The van der Waals surface area contributed by atoms with E-state index >= 15 is 0 Å². The summed E-state index contributed by atoms with van der Waals surface area (Å²) >= 11 is 0. The smallest absolute Gasteiger partial charge is 0.357 e. The second-order valence-corrected chi connectivity index (χ2v) is 6.56. The minimum Gasteiger partial charge on any atom is -0.476 e. The quantitative estimate of drug-likeness (QED) is 0.436. The summed E-state index contributed by atoms with van der Waals surface area (Å²) in [4.78, 5) is 33.1. The zero-order chi connectivity index (χ0) is 17.2. The molecule has 9 heteroatoms. The van der Waals surface area contributed by atoms with Crippen LogP contribution in [0.25, 0.3) is 6.08 Å². The number of benzene rings is 1. The van der Waals surface area contributed by atoms with Gasteiger partial charge in [0.2, 0.25) is 9.84 Å². The highest BCUT2D eigenvalue weighted by Gasteiger charge is 2.30. The molecule has 2 rings (SSSR count). The van der Waals surface area contributed by atoms with Crippen molar-refractivity contribution < 1.29 is 32.6 Å². The highest BCUT2D eigenvalue weighted by molar-refractivity contribution is 7.95. The van der Waals surface area contributed by atoms with Crippen LogP contribution in [0.3, 0.4) is 0 Å². The summed E-state index contributed by atoms with van der Waals surface area (Å²) in [6.07, 6.45) is 0.421. The largest absolute Gasteiger partial charge is 0.476 e. The van der Waals surface area contributed by atoms with Crippen LogP contribution in [-0.4, -0.2) is 43.6 Å². The van der Waals surface area contributed by atoms with E-state index in [1.807, 2.05) is 0 Å². The average molecular weight is 337 g/mol. The first-order valence-corrected chi connectivity index (χ1v) is 7.77. The molecule has 23 heavy (non-hydrogen) atoms. The van der Waals surface area contributed by atoms with Gasteiger partial charge >= 0.3 is 11.9 Å². The number of carbonyl (C=O) groups is 3. The molecule has 2 N–H and O–H groups in total. The Morgan fingerprint density at radius 3 is 2.43 bits per heavy atom. The Kier molecular flexibility index (Phi) is 4.41. The summed E-state index contributed by atoms with van der Waals surface area (Å²) in [7, 11) is -3.74. The van der Waals surface area contributed by atoms with Crippen LogP contribution in [0, 0.1) is 5.41 Å². The minimum atomic E-state index is -3.74. The number of Topliss-reactive ketones (excluding diaryl/α,β-unsaturated/α-hetero) is 1. The van der Waals surface area contributed by atoms with Gasteiger partial charge in [0.1, 0.15) is 13.0 Å². The zero-order valence-corrected chi connectivity index (χ0v) is 12.4.